The Balaban J connectivity index is 1.14. The van der Waals surface area contributed by atoms with E-state index in [1.165, 1.54) is 27.8 Å². The first-order valence-electron chi connectivity index (χ1n) is 19.1. The molecule has 1 aromatic heterocycles. The van der Waals surface area contributed by atoms with Crippen LogP contribution < -0.4 is 4.90 Å². The molecule has 0 radical (unpaired) electrons. The summed E-state index contributed by atoms with van der Waals surface area (Å²) in [6.45, 7) is 0. The smallest absolute Gasteiger partial charge is 0.143 e. The number of para-hydroxylation sites is 2. The maximum absolute atomic E-state index is 6.60. The predicted molar refractivity (Wildman–Crippen MR) is 236 cm³/mol. The average molecular weight is 716 g/mol. The van der Waals surface area contributed by atoms with E-state index < -0.39 is 0 Å². The monoisotopic (exact) mass is 715 g/mol. The molecule has 10 rings (SSSR count). The van der Waals surface area contributed by atoms with Crippen LogP contribution in [0.3, 0.4) is 0 Å². The van der Waals surface area contributed by atoms with E-state index in [2.05, 4.69) is 223 Å². The third-order valence-corrected chi connectivity index (χ3v) is 10.7. The lowest BCUT2D eigenvalue weighted by Crippen LogP contribution is -2.10. The van der Waals surface area contributed by atoms with Gasteiger partial charge in [-0.25, -0.2) is 0 Å². The van der Waals surface area contributed by atoms with Crippen LogP contribution in [-0.4, -0.2) is 0 Å². The van der Waals surface area contributed by atoms with Gasteiger partial charge in [-0.2, -0.15) is 0 Å². The van der Waals surface area contributed by atoms with Crippen molar-refractivity contribution in [3.05, 3.63) is 224 Å². The van der Waals surface area contributed by atoms with Crippen molar-refractivity contribution in [3.63, 3.8) is 0 Å². The van der Waals surface area contributed by atoms with E-state index in [1.54, 1.807) is 0 Å². The van der Waals surface area contributed by atoms with Gasteiger partial charge in [0.05, 0.1) is 0 Å². The van der Waals surface area contributed by atoms with Crippen molar-refractivity contribution in [1.29, 1.82) is 0 Å². The molecule has 2 nitrogen and oxygen atoms in total. The highest BCUT2D eigenvalue weighted by Crippen LogP contribution is 2.44. The molecule has 0 N–H and O–H groups in total. The predicted octanol–water partition coefficient (Wildman–Crippen LogP) is 15.4. The van der Waals surface area contributed by atoms with Crippen molar-refractivity contribution in [2.75, 3.05) is 4.90 Å². The molecule has 56 heavy (non-hydrogen) atoms. The Bertz CT molecular complexity index is 2850. The Morgan fingerprint density at radius 1 is 0.268 bits per heavy atom. The minimum atomic E-state index is 0.895. The van der Waals surface area contributed by atoms with Gasteiger partial charge in [0, 0.05) is 33.4 Å². The quantitative estimate of drug-likeness (QED) is 0.156. The molecule has 0 unspecified atom stereocenters. The Labute approximate surface area is 327 Å². The summed E-state index contributed by atoms with van der Waals surface area (Å²) < 4.78 is 6.60. The highest BCUT2D eigenvalue weighted by Gasteiger charge is 2.19. The minimum Gasteiger partial charge on any atom is -0.455 e. The molecule has 1 heterocycles. The van der Waals surface area contributed by atoms with E-state index >= 15 is 0 Å². The van der Waals surface area contributed by atoms with Crippen LogP contribution in [0.2, 0.25) is 0 Å². The molecule has 0 spiro atoms. The van der Waals surface area contributed by atoms with Gasteiger partial charge in [0.1, 0.15) is 11.2 Å². The van der Waals surface area contributed by atoms with E-state index in [0.29, 0.717) is 0 Å². The molecular formula is C54H37NO. The summed E-state index contributed by atoms with van der Waals surface area (Å²) >= 11 is 0. The molecular weight excluding hydrogens is 679 g/mol. The molecule has 0 aliphatic carbocycles. The summed E-state index contributed by atoms with van der Waals surface area (Å²) in [6.07, 6.45) is 0. The molecule has 0 amide bonds. The van der Waals surface area contributed by atoms with Crippen LogP contribution in [0.4, 0.5) is 17.1 Å². The Kier molecular flexibility index (Phi) is 8.55. The Morgan fingerprint density at radius 3 is 1.38 bits per heavy atom. The van der Waals surface area contributed by atoms with Gasteiger partial charge in [0.15, 0.2) is 0 Å². The number of nitrogens with zero attached hydrogens (tertiary/aromatic N) is 1. The molecule has 10 aromatic rings. The third kappa shape index (κ3) is 6.24. The second-order valence-electron chi connectivity index (χ2n) is 14.1. The highest BCUT2D eigenvalue weighted by atomic mass is 16.3. The normalized spacial score (nSPS) is 11.2. The van der Waals surface area contributed by atoms with Gasteiger partial charge in [-0.15, -0.1) is 0 Å². The van der Waals surface area contributed by atoms with Crippen molar-refractivity contribution < 1.29 is 4.42 Å². The fourth-order valence-corrected chi connectivity index (χ4v) is 7.91. The van der Waals surface area contributed by atoms with E-state index in [9.17, 15) is 0 Å². The largest absolute Gasteiger partial charge is 0.455 e. The summed E-state index contributed by atoms with van der Waals surface area (Å²) in [5.74, 6) is 0. The first-order chi connectivity index (χ1) is 27.8. The number of fused-ring (bicyclic) bond motifs is 3. The molecule has 0 atom stereocenters. The zero-order valence-electron chi connectivity index (χ0n) is 30.7. The van der Waals surface area contributed by atoms with E-state index in [0.717, 1.165) is 66.8 Å². The summed E-state index contributed by atoms with van der Waals surface area (Å²) in [5, 5.41) is 2.25. The molecule has 0 saturated carbocycles. The fourth-order valence-electron chi connectivity index (χ4n) is 7.91. The molecule has 9 aromatic carbocycles. The number of furan rings is 1. The lowest BCUT2D eigenvalue weighted by molar-refractivity contribution is 0.670. The van der Waals surface area contributed by atoms with Gasteiger partial charge in [0.2, 0.25) is 0 Å². The number of anilines is 3. The first kappa shape index (κ1) is 33.2. The summed E-state index contributed by atoms with van der Waals surface area (Å²) in [7, 11) is 0. The molecule has 0 fully saturated rings. The molecule has 0 saturated heterocycles. The molecule has 0 aliphatic rings. The number of rotatable bonds is 8. The van der Waals surface area contributed by atoms with Crippen LogP contribution in [0.15, 0.2) is 229 Å². The second-order valence-corrected chi connectivity index (χ2v) is 14.1. The van der Waals surface area contributed by atoms with Crippen molar-refractivity contribution in [1.82, 2.24) is 0 Å². The lowest BCUT2D eigenvalue weighted by atomic mass is 9.90. The Hall–Kier alpha value is -7.42. The van der Waals surface area contributed by atoms with Crippen molar-refractivity contribution in [3.8, 4) is 55.6 Å². The number of hydrogen-bond donors (Lipinski definition) is 0. The molecule has 0 aliphatic heterocycles. The fraction of sp³-hybridized carbons (Fsp3) is 0. The molecule has 0 bridgehead atoms. The highest BCUT2D eigenvalue weighted by molar-refractivity contribution is 6.10. The maximum atomic E-state index is 6.60. The van der Waals surface area contributed by atoms with Crippen LogP contribution in [-0.2, 0) is 0 Å². The van der Waals surface area contributed by atoms with E-state index in [4.69, 9.17) is 4.42 Å². The van der Waals surface area contributed by atoms with Crippen LogP contribution >= 0.6 is 0 Å². The van der Waals surface area contributed by atoms with Crippen LogP contribution in [0, 0.1) is 0 Å². The lowest BCUT2D eigenvalue weighted by Gasteiger charge is -2.27. The van der Waals surface area contributed by atoms with Gasteiger partial charge in [-0.3, -0.25) is 0 Å². The topological polar surface area (TPSA) is 16.4 Å². The second kappa shape index (κ2) is 14.4. The third-order valence-electron chi connectivity index (χ3n) is 10.7. The van der Waals surface area contributed by atoms with E-state index in [1.807, 2.05) is 6.07 Å². The first-order valence-corrected chi connectivity index (χ1v) is 19.1. The van der Waals surface area contributed by atoms with Gasteiger partial charge < -0.3 is 9.32 Å². The summed E-state index contributed by atoms with van der Waals surface area (Å²) in [4.78, 5) is 2.35. The van der Waals surface area contributed by atoms with Crippen molar-refractivity contribution >= 4 is 39.0 Å². The van der Waals surface area contributed by atoms with Crippen molar-refractivity contribution in [2.45, 2.75) is 0 Å². The number of benzene rings is 9. The maximum Gasteiger partial charge on any atom is 0.143 e. The molecule has 2 heteroatoms. The van der Waals surface area contributed by atoms with Gasteiger partial charge in [0.25, 0.3) is 0 Å². The average Bonchev–Trinajstić information content (AvgIpc) is 3.67. The van der Waals surface area contributed by atoms with Crippen LogP contribution in [0.5, 0.6) is 0 Å². The minimum absolute atomic E-state index is 0.895. The van der Waals surface area contributed by atoms with E-state index in [-0.39, 0.29) is 0 Å². The van der Waals surface area contributed by atoms with Gasteiger partial charge in [-0.1, -0.05) is 176 Å². The summed E-state index contributed by atoms with van der Waals surface area (Å²) in [6, 6.07) is 80.0. The zero-order valence-corrected chi connectivity index (χ0v) is 30.7. The Morgan fingerprint density at radius 2 is 0.750 bits per heavy atom. The van der Waals surface area contributed by atoms with Crippen LogP contribution in [0.25, 0.3) is 77.6 Å². The number of hydrogen-bond acceptors (Lipinski definition) is 2. The SMILES string of the molecule is c1ccc(-c2ccc(N(c3ccc(-c4ccccc4)cc3)c3cccc(-c4cc(-c5ccccc5)ccc4-c4cccc5c4oc4ccccc45)c3)cc2)cc1. The van der Waals surface area contributed by atoms with Crippen molar-refractivity contribution in [2.24, 2.45) is 0 Å². The zero-order chi connectivity index (χ0) is 37.3. The van der Waals surface area contributed by atoms with Gasteiger partial charge in [-0.05, 0) is 98.6 Å². The standard InChI is InChI=1S/C54H37NO/c1-4-14-38(15-5-1)41-26-31-45(32-27-41)55(46-33-28-42(29-34-46)39-16-6-2-7-17-39)47-21-12-20-44(36-47)52-37-43(40-18-8-3-9-19-40)30-35-48(52)50-23-13-24-51-49-22-10-11-25-53(49)56-54(50)51/h1-37H. The van der Waals surface area contributed by atoms with Crippen LogP contribution in [0.1, 0.15) is 0 Å². The molecule has 264 valence electrons. The van der Waals surface area contributed by atoms with Gasteiger partial charge >= 0.3 is 0 Å². The summed E-state index contributed by atoms with van der Waals surface area (Å²) in [5.41, 5.74) is 16.6.